The standard InChI is InChI=1S/C21H15N5O3.C21H12N4O3.C21H14N4O3.C20H12N4O2.C20H14N4O2.2C2H3N/c1-22-21(29)25-10-13(12-6-2-4-8-15(12)25)17-18(20(28)24-19(17)27)26-11-23-14-7-3-5-9-16(14)26;1-10(26)24-13-8-4-2-6-11(13)15-16-18(21(28)23-20(16)27)25-14-9-5-3-7-12(14)22-19(25)17(15)24;1-12(26)24-10-14(13-6-2-4-8-16(13)24)18-19(21(28)23-20(18)27)25-11-22-15-7-3-5-9-17(15)25;1-23-12-8-4-2-6-10(12)14-15-17(20(26)22-19(15)25)24-13-9-5-3-7-11(13)21-18(24)16(14)23;1-23-10-13(12-6-2-4-8-15(12)23)17-18(20(26)22-19(17)25)24-11-21-14-7-3-5-9-16(14)24;2*1-2-3/h2-11H,1H3,(H,22,29)(H,24,27,28);2-9H,1H3,(H,23,27,28);2-11H,1H3,(H,23,27,28);2-9H,1H3,(H,22,25,26);2-11H,1H3,(H,22,25,26);2*1H3. The van der Waals surface area contributed by atoms with E-state index in [1.807, 2.05) is 270 Å². The minimum absolute atomic E-state index is 0.178. The second-order valence-electron chi connectivity index (χ2n) is 33.3. The van der Waals surface area contributed by atoms with Crippen LogP contribution in [-0.2, 0) is 42.9 Å². The highest BCUT2D eigenvalue weighted by Gasteiger charge is 2.42. The molecule has 5 aliphatic rings. The lowest BCUT2D eigenvalue weighted by Gasteiger charge is -2.07. The van der Waals surface area contributed by atoms with Gasteiger partial charge in [-0.25, -0.2) is 29.7 Å². The van der Waals surface area contributed by atoms with Crippen LogP contribution >= 0.6 is 0 Å². The Balaban J connectivity index is 0.000000104. The molecule has 0 aliphatic carbocycles. The van der Waals surface area contributed by atoms with Gasteiger partial charge in [-0.3, -0.25) is 120 Å². The van der Waals surface area contributed by atoms with Gasteiger partial charge in [0.15, 0.2) is 11.3 Å². The molecule has 12 aromatic heterocycles. The lowest BCUT2D eigenvalue weighted by atomic mass is 10.0. The van der Waals surface area contributed by atoms with Crippen LogP contribution in [0.4, 0.5) is 4.79 Å². The average molecular weight is 1890 g/mol. The summed E-state index contributed by atoms with van der Waals surface area (Å²) in [6, 6.07) is 78.1. The van der Waals surface area contributed by atoms with Crippen molar-refractivity contribution < 1.29 is 62.3 Å². The number of pyridine rings is 2. The summed E-state index contributed by atoms with van der Waals surface area (Å²) in [5.74, 6) is -4.85. The Labute approximate surface area is 804 Å². The first-order valence-electron chi connectivity index (χ1n) is 44.4. The van der Waals surface area contributed by atoms with Crippen molar-refractivity contribution >= 4 is 254 Å². The number of imidazole rings is 5. The molecule has 5 aliphatic heterocycles. The zero-order valence-electron chi connectivity index (χ0n) is 76.5. The summed E-state index contributed by atoms with van der Waals surface area (Å²) < 4.78 is 16.9. The summed E-state index contributed by atoms with van der Waals surface area (Å²) in [4.78, 5) is 186. The number of carbonyl (C=O) groups excluding carboxylic acids is 13. The van der Waals surface area contributed by atoms with E-state index in [4.69, 9.17) is 20.5 Å². The normalized spacial score (nSPS) is 13.7. The van der Waals surface area contributed by atoms with Crippen LogP contribution in [0.3, 0.4) is 0 Å². The number of aryl methyl sites for hydroxylation is 2. The number of nitriles is 2. The van der Waals surface area contributed by atoms with Gasteiger partial charge in [-0.1, -0.05) is 152 Å². The maximum atomic E-state index is 12.8. The van der Waals surface area contributed by atoms with E-state index in [2.05, 4.69) is 46.9 Å². The van der Waals surface area contributed by atoms with Crippen molar-refractivity contribution in [2.45, 2.75) is 27.7 Å². The van der Waals surface area contributed by atoms with Gasteiger partial charge in [0.1, 0.15) is 53.0 Å². The summed E-state index contributed by atoms with van der Waals surface area (Å²) in [5.41, 5.74) is 18.5. The largest absolute Gasteiger partial charge is 0.350 e. The van der Waals surface area contributed by atoms with E-state index in [1.54, 1.807) is 59.6 Å². The second kappa shape index (κ2) is 35.0. The Morgan fingerprint density at radius 3 is 1.04 bits per heavy atom. The Morgan fingerprint density at radius 2 is 0.636 bits per heavy atom. The van der Waals surface area contributed by atoms with Gasteiger partial charge in [0, 0.05) is 133 Å². The second-order valence-corrected chi connectivity index (χ2v) is 33.3. The molecular formula is C107H73N23O13. The van der Waals surface area contributed by atoms with Crippen molar-refractivity contribution in [3.05, 3.63) is 319 Å². The van der Waals surface area contributed by atoms with Gasteiger partial charge >= 0.3 is 6.03 Å². The predicted molar refractivity (Wildman–Crippen MR) is 536 cm³/mol. The number of nitrogens with zero attached hydrogens (tertiary/aromatic N) is 17. The monoisotopic (exact) mass is 1890 g/mol. The van der Waals surface area contributed by atoms with Crippen molar-refractivity contribution in [3.8, 4) is 12.1 Å². The molecule has 36 heteroatoms. The maximum Gasteiger partial charge on any atom is 0.325 e. The third-order valence-electron chi connectivity index (χ3n) is 25.3. The van der Waals surface area contributed by atoms with Gasteiger partial charge < -0.3 is 14.5 Å². The molecule has 0 radical (unpaired) electrons. The summed E-state index contributed by atoms with van der Waals surface area (Å²) in [5, 5.41) is 34.7. The van der Waals surface area contributed by atoms with E-state index < -0.39 is 41.4 Å². The van der Waals surface area contributed by atoms with Crippen molar-refractivity contribution in [3.63, 3.8) is 0 Å². The number of nitrogens with one attached hydrogen (secondary N) is 6. The number of fused-ring (bicyclic) bond motifs is 26. The first kappa shape index (κ1) is 89.0. The van der Waals surface area contributed by atoms with Crippen LogP contribution in [0.2, 0.25) is 0 Å². The van der Waals surface area contributed by atoms with Crippen LogP contribution in [0.15, 0.2) is 280 Å². The first-order valence-corrected chi connectivity index (χ1v) is 44.4. The molecule has 694 valence electrons. The summed E-state index contributed by atoms with van der Waals surface area (Å²) in [6.45, 7) is 5.79. The smallest absolute Gasteiger partial charge is 0.325 e. The molecule has 27 rings (SSSR count). The third kappa shape index (κ3) is 14.1. The molecule has 10 aromatic carbocycles. The van der Waals surface area contributed by atoms with Crippen molar-refractivity contribution in [2.75, 3.05) is 7.05 Å². The average Bonchev–Trinajstić information content (AvgIpc) is 1.53. The number of benzene rings is 10. The van der Waals surface area contributed by atoms with Gasteiger partial charge in [-0.15, -0.1) is 0 Å². The highest BCUT2D eigenvalue weighted by Crippen LogP contribution is 2.44. The quantitative estimate of drug-likeness (QED) is 0.0842. The van der Waals surface area contributed by atoms with E-state index in [-0.39, 0.29) is 69.4 Å². The number of amides is 11. The molecular weight excluding hydrogens is 1820 g/mol. The fraction of sp³-hybridized carbons (Fsp3) is 0.0654. The minimum Gasteiger partial charge on any atom is -0.350 e. The highest BCUT2D eigenvalue weighted by atomic mass is 16.2. The molecule has 143 heavy (non-hydrogen) atoms. The summed E-state index contributed by atoms with van der Waals surface area (Å²) in [6.07, 6.45) is 9.72. The summed E-state index contributed by atoms with van der Waals surface area (Å²) in [7, 11) is 5.42. The molecule has 0 unspecified atom stereocenters. The van der Waals surface area contributed by atoms with Crippen LogP contribution < -0.4 is 31.9 Å². The first-order chi connectivity index (χ1) is 69.4. The lowest BCUT2D eigenvalue weighted by molar-refractivity contribution is -0.124. The molecule has 22 aromatic rings. The molecule has 0 saturated carbocycles. The molecule has 0 spiro atoms. The van der Waals surface area contributed by atoms with Gasteiger partial charge in [0.2, 0.25) is 11.8 Å². The Morgan fingerprint density at radius 1 is 0.329 bits per heavy atom. The van der Waals surface area contributed by atoms with Crippen LogP contribution in [-0.4, -0.2) is 154 Å². The van der Waals surface area contributed by atoms with E-state index in [1.165, 1.54) is 56.5 Å². The molecule has 6 N–H and O–H groups in total. The number of hydrogen-bond acceptors (Lipinski definition) is 20. The van der Waals surface area contributed by atoms with Crippen LogP contribution in [0.25, 0.3) is 177 Å². The third-order valence-corrected chi connectivity index (χ3v) is 25.3. The van der Waals surface area contributed by atoms with Gasteiger partial charge in [-0.05, 0) is 91.0 Å². The van der Waals surface area contributed by atoms with E-state index in [0.717, 1.165) is 76.6 Å². The fourth-order valence-corrected chi connectivity index (χ4v) is 19.6. The van der Waals surface area contributed by atoms with Crippen LogP contribution in [0.5, 0.6) is 0 Å². The SMILES string of the molecule is CC#N.CC#N.CC(=O)n1c2ccccc2c2c3c(n4c5ccccc5nc4c21)C(=O)NC3=O.CC(=O)n1cc(C2=C(n3cnc4ccccc43)C(=O)NC2=O)c2ccccc21.CNC(=O)n1cc(C2=C(n3cnc4ccccc43)C(=O)NC2=O)c2ccccc21.Cn1c2ccccc2c2c3c(n4c5ccccc5nc4c21)C(=O)NC3=O.Cn1cc(C2=C(n3cnc4ccccc43)C(=O)NC2=O)c2ccccc21. The van der Waals surface area contributed by atoms with E-state index in [9.17, 15) is 62.3 Å². The maximum absolute atomic E-state index is 12.8. The molecule has 0 bridgehead atoms. The predicted octanol–water partition coefficient (Wildman–Crippen LogP) is 14.6. The molecule has 11 amide bonds. The number of rotatable bonds is 6. The van der Waals surface area contributed by atoms with E-state index >= 15 is 0 Å². The van der Waals surface area contributed by atoms with Crippen LogP contribution in [0.1, 0.15) is 95.7 Å². The minimum atomic E-state index is -0.511. The Bertz CT molecular complexity index is 9740. The number of imide groups is 5. The molecule has 0 fully saturated rings. The zero-order chi connectivity index (χ0) is 99.5. The molecule has 17 heterocycles. The fourth-order valence-electron chi connectivity index (χ4n) is 19.6. The Hall–Kier alpha value is -20.6. The van der Waals surface area contributed by atoms with E-state index in [0.29, 0.717) is 105 Å². The number of hydrogen-bond donors (Lipinski definition) is 6. The lowest BCUT2D eigenvalue weighted by Crippen LogP contribution is -2.24. The number of para-hydroxylation sites is 15. The Kier molecular flexibility index (Phi) is 21.8. The van der Waals surface area contributed by atoms with Crippen LogP contribution in [0, 0.1) is 22.7 Å². The van der Waals surface area contributed by atoms with Gasteiger partial charge in [-0.2, -0.15) is 10.5 Å². The number of carbonyl (C=O) groups is 13. The highest BCUT2D eigenvalue weighted by molar-refractivity contribution is 6.50. The van der Waals surface area contributed by atoms with Gasteiger partial charge in [0.05, 0.1) is 117 Å². The molecule has 0 saturated heterocycles. The zero-order valence-corrected chi connectivity index (χ0v) is 76.5. The van der Waals surface area contributed by atoms with Gasteiger partial charge in [0.25, 0.3) is 59.1 Å². The molecule has 0 atom stereocenters. The summed E-state index contributed by atoms with van der Waals surface area (Å²) >= 11 is 0. The number of aromatic nitrogens is 15. The molecule has 36 nitrogen and oxygen atoms in total. The van der Waals surface area contributed by atoms with Crippen molar-refractivity contribution in [1.82, 2.24) is 102 Å². The van der Waals surface area contributed by atoms with Crippen molar-refractivity contribution in [1.29, 1.82) is 10.5 Å². The topological polar surface area (TPSA) is 454 Å². The van der Waals surface area contributed by atoms with Crippen molar-refractivity contribution in [2.24, 2.45) is 14.1 Å².